The molecule has 0 saturated carbocycles. The lowest BCUT2D eigenvalue weighted by Crippen LogP contribution is -2.42. The largest absolute Gasteiger partial charge is 0.378 e. The highest BCUT2D eigenvalue weighted by Gasteiger charge is 2.32. The van der Waals surface area contributed by atoms with Crippen LogP contribution in [-0.2, 0) is 22.7 Å². The summed E-state index contributed by atoms with van der Waals surface area (Å²) in [5.74, 6) is -1.09. The van der Waals surface area contributed by atoms with Gasteiger partial charge in [0.05, 0.1) is 5.52 Å². The number of aromatic nitrogens is 3. The highest BCUT2D eigenvalue weighted by Crippen LogP contribution is 2.27. The van der Waals surface area contributed by atoms with E-state index in [-0.39, 0.29) is 30.7 Å². The van der Waals surface area contributed by atoms with Crippen molar-refractivity contribution in [2.75, 3.05) is 24.3 Å². The van der Waals surface area contributed by atoms with E-state index in [0.29, 0.717) is 27.8 Å². The number of nitrogens with one attached hydrogen (secondary N) is 1. The molecule has 1 atom stereocenters. The predicted octanol–water partition coefficient (Wildman–Crippen LogP) is 5.05. The zero-order chi connectivity index (χ0) is 28.1. The second-order valence-electron chi connectivity index (χ2n) is 9.63. The second-order valence-corrected chi connectivity index (χ2v) is 9.63. The Morgan fingerprint density at radius 1 is 0.875 bits per heavy atom. The van der Waals surface area contributed by atoms with Crippen LogP contribution in [0, 0.1) is 5.82 Å². The molecule has 0 aliphatic rings. The number of fused-ring (bicyclic) bond motifs is 1. The van der Waals surface area contributed by atoms with Crippen LogP contribution < -0.4 is 10.2 Å². The van der Waals surface area contributed by atoms with E-state index in [0.717, 1.165) is 5.69 Å². The fourth-order valence-electron chi connectivity index (χ4n) is 4.52. The number of rotatable bonds is 9. The lowest BCUT2D eigenvalue weighted by molar-refractivity contribution is -0.140. The summed E-state index contributed by atoms with van der Waals surface area (Å²) in [4.78, 5) is 31.4. The fourth-order valence-corrected chi connectivity index (χ4v) is 4.52. The van der Waals surface area contributed by atoms with Gasteiger partial charge in [0.2, 0.25) is 5.91 Å². The van der Waals surface area contributed by atoms with Crippen LogP contribution in [0.1, 0.15) is 17.2 Å². The smallest absolute Gasteiger partial charge is 0.251 e. The molecule has 9 heteroatoms. The molecule has 1 aromatic heterocycles. The van der Waals surface area contributed by atoms with Crippen LogP contribution in [0.5, 0.6) is 0 Å². The molecule has 1 unspecified atom stereocenters. The van der Waals surface area contributed by atoms with Crippen molar-refractivity contribution in [3.05, 3.63) is 120 Å². The van der Waals surface area contributed by atoms with E-state index in [1.165, 1.54) is 21.7 Å². The number of hydrogen-bond donors (Lipinski definition) is 1. The third-order valence-electron chi connectivity index (χ3n) is 6.62. The van der Waals surface area contributed by atoms with Crippen molar-refractivity contribution in [2.45, 2.75) is 19.1 Å². The van der Waals surface area contributed by atoms with Crippen LogP contribution in [0.2, 0.25) is 0 Å². The summed E-state index contributed by atoms with van der Waals surface area (Å²) in [5, 5.41) is 11.3. The molecule has 4 aromatic carbocycles. The highest BCUT2D eigenvalue weighted by atomic mass is 19.1. The van der Waals surface area contributed by atoms with E-state index in [1.54, 1.807) is 12.1 Å². The number of anilines is 2. The minimum Gasteiger partial charge on any atom is -0.378 e. The van der Waals surface area contributed by atoms with Gasteiger partial charge < -0.3 is 15.1 Å². The molecule has 0 fully saturated rings. The minimum atomic E-state index is -0.970. The molecule has 5 aromatic rings. The third kappa shape index (κ3) is 5.99. The number of carbonyl (C=O) groups excluding carboxylic acids is 2. The Labute approximate surface area is 231 Å². The Balaban J connectivity index is 1.51. The Bertz CT molecular complexity index is 1600. The quantitative estimate of drug-likeness (QED) is 0.285. The van der Waals surface area contributed by atoms with Crippen molar-refractivity contribution in [2.24, 2.45) is 0 Å². The van der Waals surface area contributed by atoms with Crippen LogP contribution in [-0.4, -0.2) is 45.8 Å². The number of hydrogen-bond acceptors (Lipinski definition) is 5. The molecular weight excluding hydrogens is 507 g/mol. The molecule has 5 rings (SSSR count). The van der Waals surface area contributed by atoms with Gasteiger partial charge in [0.1, 0.15) is 23.9 Å². The van der Waals surface area contributed by atoms with E-state index in [9.17, 15) is 14.0 Å². The van der Waals surface area contributed by atoms with E-state index >= 15 is 0 Å². The maximum Gasteiger partial charge on any atom is 0.251 e. The van der Waals surface area contributed by atoms with Crippen LogP contribution in [0.4, 0.5) is 15.8 Å². The van der Waals surface area contributed by atoms with Gasteiger partial charge in [0.15, 0.2) is 0 Å². The number of amides is 2. The summed E-state index contributed by atoms with van der Waals surface area (Å²) in [7, 11) is 3.88. The Kier molecular flexibility index (Phi) is 7.82. The monoisotopic (exact) mass is 536 g/mol. The van der Waals surface area contributed by atoms with Crippen molar-refractivity contribution < 1.29 is 14.0 Å². The first-order valence-electron chi connectivity index (χ1n) is 12.8. The molecule has 0 bridgehead atoms. The summed E-state index contributed by atoms with van der Waals surface area (Å²) in [6.45, 7) is -0.0475. The highest BCUT2D eigenvalue weighted by molar-refractivity contribution is 5.98. The Hall–Kier alpha value is -5.05. The van der Waals surface area contributed by atoms with Crippen molar-refractivity contribution in [1.82, 2.24) is 19.9 Å². The van der Waals surface area contributed by atoms with Crippen molar-refractivity contribution in [3.63, 3.8) is 0 Å². The first-order valence-corrected chi connectivity index (χ1v) is 12.8. The van der Waals surface area contributed by atoms with Crippen LogP contribution in [0.3, 0.4) is 0 Å². The predicted molar refractivity (Wildman–Crippen MR) is 153 cm³/mol. The zero-order valence-corrected chi connectivity index (χ0v) is 22.2. The maximum absolute atomic E-state index is 14.0. The van der Waals surface area contributed by atoms with Gasteiger partial charge in [-0.25, -0.2) is 9.07 Å². The molecule has 0 aliphatic heterocycles. The maximum atomic E-state index is 14.0. The van der Waals surface area contributed by atoms with Crippen molar-refractivity contribution >= 4 is 34.2 Å². The number of benzene rings is 4. The summed E-state index contributed by atoms with van der Waals surface area (Å²) in [6, 6.07) is 28.9. The van der Waals surface area contributed by atoms with E-state index in [2.05, 4.69) is 15.6 Å². The topological polar surface area (TPSA) is 83.4 Å². The summed E-state index contributed by atoms with van der Waals surface area (Å²) < 4.78 is 15.2. The van der Waals surface area contributed by atoms with Gasteiger partial charge in [-0.3, -0.25) is 9.59 Å². The molecule has 1 N–H and O–H groups in total. The van der Waals surface area contributed by atoms with Crippen LogP contribution >= 0.6 is 0 Å². The summed E-state index contributed by atoms with van der Waals surface area (Å²) >= 11 is 0. The average Bonchev–Trinajstić information content (AvgIpc) is 3.37. The van der Waals surface area contributed by atoms with E-state index in [4.69, 9.17) is 0 Å². The Morgan fingerprint density at radius 3 is 2.25 bits per heavy atom. The van der Waals surface area contributed by atoms with Gasteiger partial charge in [-0.05, 0) is 59.7 Å². The van der Waals surface area contributed by atoms with E-state index in [1.807, 2.05) is 97.9 Å². The number of carbonyl (C=O) groups is 2. The SMILES string of the molecule is CN(C)c1ccc(NC(=O)C(c2ccccc2)N(Cc2ccc(F)cc2)C(=O)Cn2nnc3ccccc32)cc1. The lowest BCUT2D eigenvalue weighted by atomic mass is 10.0. The van der Waals surface area contributed by atoms with Gasteiger partial charge in [-0.1, -0.05) is 59.8 Å². The van der Waals surface area contributed by atoms with Gasteiger partial charge >= 0.3 is 0 Å². The minimum absolute atomic E-state index is 0.0816. The molecule has 202 valence electrons. The molecule has 1 heterocycles. The van der Waals surface area contributed by atoms with Crippen molar-refractivity contribution in [1.29, 1.82) is 0 Å². The van der Waals surface area contributed by atoms with Gasteiger partial charge in [-0.2, -0.15) is 0 Å². The number of para-hydroxylation sites is 1. The number of halogens is 1. The van der Waals surface area contributed by atoms with Gasteiger partial charge in [0.25, 0.3) is 5.91 Å². The summed E-state index contributed by atoms with van der Waals surface area (Å²) in [5.41, 5.74) is 4.29. The molecule has 2 amide bonds. The molecule has 0 radical (unpaired) electrons. The molecule has 0 spiro atoms. The molecule has 8 nitrogen and oxygen atoms in total. The third-order valence-corrected chi connectivity index (χ3v) is 6.62. The van der Waals surface area contributed by atoms with E-state index < -0.39 is 6.04 Å². The second kappa shape index (κ2) is 11.8. The first-order chi connectivity index (χ1) is 19.4. The fraction of sp³-hybridized carbons (Fsp3) is 0.161. The summed E-state index contributed by atoms with van der Waals surface area (Å²) in [6.07, 6.45) is 0. The molecule has 0 aliphatic carbocycles. The molecule has 0 saturated heterocycles. The van der Waals surface area contributed by atoms with Crippen molar-refractivity contribution in [3.8, 4) is 0 Å². The number of nitrogens with zero attached hydrogens (tertiary/aromatic N) is 5. The lowest BCUT2D eigenvalue weighted by Gasteiger charge is -2.31. The normalized spacial score (nSPS) is 11.7. The van der Waals surface area contributed by atoms with Crippen LogP contribution in [0.15, 0.2) is 103 Å². The van der Waals surface area contributed by atoms with Gasteiger partial charge in [0, 0.05) is 32.0 Å². The standard InChI is InChI=1S/C31H29FN6O2/c1-36(2)26-18-16-25(17-19-26)33-31(40)30(23-8-4-3-5-9-23)37(20-22-12-14-24(32)15-13-22)29(39)21-38-28-11-7-6-10-27(28)34-35-38/h3-19,30H,20-21H2,1-2H3,(H,33,40). The Morgan fingerprint density at radius 2 is 1.55 bits per heavy atom. The van der Waals surface area contributed by atoms with Gasteiger partial charge in [-0.15, -0.1) is 5.10 Å². The average molecular weight is 537 g/mol. The first kappa shape index (κ1) is 26.6. The van der Waals surface area contributed by atoms with Crippen LogP contribution in [0.25, 0.3) is 11.0 Å². The molecule has 40 heavy (non-hydrogen) atoms. The zero-order valence-electron chi connectivity index (χ0n) is 22.2. The molecular formula is C31H29FN6O2.